The van der Waals surface area contributed by atoms with Gasteiger partial charge in [-0.3, -0.25) is 28.8 Å². The van der Waals surface area contributed by atoms with Crippen LogP contribution in [0.3, 0.4) is 0 Å². The molecular formula is C50H88N2O14. The normalized spacial score (nSPS) is 19.1. The Hall–Kier alpha value is -3.79. The van der Waals surface area contributed by atoms with Crippen LogP contribution in [-0.4, -0.2) is 101 Å². The van der Waals surface area contributed by atoms with Crippen LogP contribution in [0, 0.1) is 5.92 Å². The number of esters is 3. The monoisotopic (exact) mass is 941 g/mol. The molecule has 4 N–H and O–H groups in total. The van der Waals surface area contributed by atoms with Crippen LogP contribution in [0.15, 0.2) is 0 Å². The number of carboxylic acids is 2. The lowest BCUT2D eigenvalue weighted by Crippen LogP contribution is -2.62. The predicted molar refractivity (Wildman–Crippen MR) is 250 cm³/mol. The number of amides is 2. The minimum absolute atomic E-state index is 0.413. The van der Waals surface area contributed by atoms with Gasteiger partial charge in [-0.15, -0.1) is 0 Å². The Bertz CT molecular complexity index is 1370. The van der Waals surface area contributed by atoms with Crippen molar-refractivity contribution >= 4 is 41.7 Å². The Kier molecular flexibility index (Phi) is 34.0. The van der Waals surface area contributed by atoms with Crippen molar-refractivity contribution in [2.24, 2.45) is 5.92 Å². The zero-order chi connectivity index (χ0) is 49.1. The first kappa shape index (κ1) is 60.2. The summed E-state index contributed by atoms with van der Waals surface area (Å²) in [4.78, 5) is 88.2. The molecule has 16 heteroatoms. The van der Waals surface area contributed by atoms with Crippen molar-refractivity contribution in [3.8, 4) is 0 Å². The number of carbonyl (C=O) groups is 7. The maximum atomic E-state index is 14.2. The fourth-order valence-corrected chi connectivity index (χ4v) is 8.44. The highest BCUT2D eigenvalue weighted by Crippen LogP contribution is 2.30. The maximum absolute atomic E-state index is 14.2. The number of nitrogens with one attached hydrogen (secondary N) is 2. The minimum Gasteiger partial charge on any atom is -0.481 e. The van der Waals surface area contributed by atoms with E-state index in [1.807, 2.05) is 0 Å². The van der Waals surface area contributed by atoms with Crippen molar-refractivity contribution in [3.63, 3.8) is 0 Å². The van der Waals surface area contributed by atoms with Gasteiger partial charge >= 0.3 is 29.8 Å². The lowest BCUT2D eigenvalue weighted by atomic mass is 9.92. The van der Waals surface area contributed by atoms with E-state index in [1.165, 1.54) is 110 Å². The standard InChI is InChI=1S/C50H88N2O14/c1-7-9-11-13-15-17-19-21-23-25-27-29-31-40(32-30-28-26-24-22-20-18-16-14-12-10-8-2)47(58)52-42(48(59)51-41(49(60)61)33-34-43(56)57)35-62-50-46(66-39(6)55)45(65-38(5)54)44(36(3)63-50)64-37(4)53/h36,40-42,44-46,50H,7-35H2,1-6H3,(H,51,59)(H,52,58)(H,56,57)(H,60,61)/t36-,41+,42-,44+,45+,46-,50-/m0/s1. The van der Waals surface area contributed by atoms with Gasteiger partial charge in [0, 0.05) is 33.1 Å². The Morgan fingerprint density at radius 3 is 1.27 bits per heavy atom. The van der Waals surface area contributed by atoms with Gasteiger partial charge in [-0.25, -0.2) is 4.79 Å². The van der Waals surface area contributed by atoms with Crippen LogP contribution in [0.1, 0.15) is 221 Å². The highest BCUT2D eigenvalue weighted by atomic mass is 16.7. The molecule has 0 aromatic carbocycles. The zero-order valence-corrected chi connectivity index (χ0v) is 41.4. The van der Waals surface area contributed by atoms with E-state index < -0.39 is 110 Å². The van der Waals surface area contributed by atoms with Gasteiger partial charge in [0.2, 0.25) is 11.8 Å². The molecule has 2 amide bonds. The van der Waals surface area contributed by atoms with E-state index in [0.717, 1.165) is 72.1 Å². The van der Waals surface area contributed by atoms with E-state index in [0.29, 0.717) is 12.8 Å². The molecular weight excluding hydrogens is 853 g/mol. The van der Waals surface area contributed by atoms with Gasteiger partial charge < -0.3 is 44.5 Å². The molecule has 0 bridgehead atoms. The zero-order valence-electron chi connectivity index (χ0n) is 41.4. The number of carboxylic acid groups (broad SMARTS) is 2. The summed E-state index contributed by atoms with van der Waals surface area (Å²) in [6, 6.07) is -3.10. The topological polar surface area (TPSA) is 230 Å². The first-order valence-electron chi connectivity index (χ1n) is 25.4. The molecule has 1 rings (SSSR count). The van der Waals surface area contributed by atoms with E-state index in [4.69, 9.17) is 23.7 Å². The van der Waals surface area contributed by atoms with E-state index in [9.17, 15) is 43.8 Å². The summed E-state index contributed by atoms with van der Waals surface area (Å²) in [5.74, 6) is -6.84. The van der Waals surface area contributed by atoms with Crippen LogP contribution in [-0.2, 0) is 57.2 Å². The molecule has 0 unspecified atom stereocenters. The average molecular weight is 941 g/mol. The summed E-state index contributed by atoms with van der Waals surface area (Å²) in [5, 5.41) is 24.2. The molecule has 1 aliphatic rings. The fraction of sp³-hybridized carbons (Fsp3) is 0.860. The molecule has 382 valence electrons. The van der Waals surface area contributed by atoms with Crippen molar-refractivity contribution in [1.29, 1.82) is 0 Å². The van der Waals surface area contributed by atoms with Gasteiger partial charge in [0.15, 0.2) is 24.6 Å². The van der Waals surface area contributed by atoms with E-state index in [-0.39, 0.29) is 0 Å². The quantitative estimate of drug-likeness (QED) is 0.0255. The highest BCUT2D eigenvalue weighted by molar-refractivity contribution is 5.91. The van der Waals surface area contributed by atoms with Crippen LogP contribution in [0.2, 0.25) is 0 Å². The van der Waals surface area contributed by atoms with Gasteiger partial charge in [0.1, 0.15) is 12.1 Å². The van der Waals surface area contributed by atoms with Crippen molar-refractivity contribution in [3.05, 3.63) is 0 Å². The summed E-state index contributed by atoms with van der Waals surface area (Å²) < 4.78 is 28.4. The third-order valence-electron chi connectivity index (χ3n) is 12.1. The fourth-order valence-electron chi connectivity index (χ4n) is 8.44. The maximum Gasteiger partial charge on any atom is 0.326 e. The van der Waals surface area contributed by atoms with E-state index in [1.54, 1.807) is 0 Å². The third-order valence-corrected chi connectivity index (χ3v) is 12.1. The second-order valence-electron chi connectivity index (χ2n) is 18.2. The van der Waals surface area contributed by atoms with Crippen LogP contribution >= 0.6 is 0 Å². The summed E-state index contributed by atoms with van der Waals surface area (Å²) >= 11 is 0. The van der Waals surface area contributed by atoms with Crippen molar-refractivity contribution < 1.29 is 67.5 Å². The molecule has 7 atom stereocenters. The van der Waals surface area contributed by atoms with Gasteiger partial charge in [-0.2, -0.15) is 0 Å². The highest BCUT2D eigenvalue weighted by Gasteiger charge is 2.51. The predicted octanol–water partition coefficient (Wildman–Crippen LogP) is 9.26. The molecule has 0 aromatic rings. The van der Waals surface area contributed by atoms with Gasteiger partial charge in [-0.1, -0.05) is 168 Å². The second kappa shape index (κ2) is 37.2. The molecule has 1 aliphatic heterocycles. The third kappa shape index (κ3) is 28.4. The summed E-state index contributed by atoms with van der Waals surface area (Å²) in [7, 11) is 0. The molecule has 1 saturated heterocycles. The Morgan fingerprint density at radius 2 is 0.879 bits per heavy atom. The van der Waals surface area contributed by atoms with Crippen LogP contribution in [0.5, 0.6) is 0 Å². The number of carbonyl (C=O) groups excluding carboxylic acids is 5. The molecule has 0 radical (unpaired) electrons. The SMILES string of the molecule is CCCCCCCCCCCCCCC(CCCCCCCCCCCCCC)C(=O)N[C@@H](CO[C@H]1O[C@@H](C)[C@@H](OC(C)=O)[C@@H](OC(C)=O)[C@@H]1OC(C)=O)C(=O)N[C@H](CCC(=O)O)C(=O)O. The molecule has 0 saturated carbocycles. The number of unbranched alkanes of at least 4 members (excludes halogenated alkanes) is 22. The Labute approximate surface area is 395 Å². The molecule has 1 heterocycles. The van der Waals surface area contributed by atoms with Gasteiger partial charge in [0.05, 0.1) is 12.7 Å². The van der Waals surface area contributed by atoms with Crippen molar-refractivity contribution in [1.82, 2.24) is 10.6 Å². The van der Waals surface area contributed by atoms with E-state index >= 15 is 0 Å². The first-order chi connectivity index (χ1) is 31.6. The Morgan fingerprint density at radius 1 is 0.500 bits per heavy atom. The molecule has 0 aromatic heterocycles. The summed E-state index contributed by atoms with van der Waals surface area (Å²) in [6.07, 6.45) is 21.8. The second-order valence-corrected chi connectivity index (χ2v) is 18.2. The number of aliphatic carboxylic acids is 2. The minimum atomic E-state index is -1.59. The average Bonchev–Trinajstić information content (AvgIpc) is 3.25. The first-order valence-corrected chi connectivity index (χ1v) is 25.4. The lowest BCUT2D eigenvalue weighted by molar-refractivity contribution is -0.301. The largest absolute Gasteiger partial charge is 0.481 e. The summed E-state index contributed by atoms with van der Waals surface area (Å²) in [5.41, 5.74) is 0. The number of rotatable bonds is 40. The van der Waals surface area contributed by atoms with Crippen molar-refractivity contribution in [2.75, 3.05) is 6.61 Å². The number of hydrogen-bond acceptors (Lipinski definition) is 12. The molecule has 16 nitrogen and oxygen atoms in total. The van der Waals surface area contributed by atoms with Crippen LogP contribution < -0.4 is 10.6 Å². The van der Waals surface area contributed by atoms with Crippen molar-refractivity contribution in [2.45, 2.75) is 264 Å². The van der Waals surface area contributed by atoms with Crippen LogP contribution in [0.25, 0.3) is 0 Å². The van der Waals surface area contributed by atoms with Gasteiger partial charge in [-0.05, 0) is 26.2 Å². The molecule has 0 spiro atoms. The van der Waals surface area contributed by atoms with Crippen LogP contribution in [0.4, 0.5) is 0 Å². The number of hydrogen-bond donors (Lipinski definition) is 4. The lowest BCUT2D eigenvalue weighted by Gasteiger charge is -2.43. The van der Waals surface area contributed by atoms with E-state index in [2.05, 4.69) is 24.5 Å². The molecule has 66 heavy (non-hydrogen) atoms. The smallest absolute Gasteiger partial charge is 0.326 e. The Balaban J connectivity index is 3.22. The van der Waals surface area contributed by atoms with Gasteiger partial charge in [0.25, 0.3) is 0 Å². The molecule has 0 aliphatic carbocycles. The molecule has 1 fully saturated rings. The number of ether oxygens (including phenoxy) is 5. The summed E-state index contributed by atoms with van der Waals surface area (Å²) in [6.45, 7) is 8.72.